The smallest absolute Gasteiger partial charge is 0.118 e. The Morgan fingerprint density at radius 1 is 1.00 bits per heavy atom. The molecule has 2 atom stereocenters. The molecule has 0 aromatic heterocycles. The second-order valence-corrected chi connectivity index (χ2v) is 5.58. The number of hydrogen-bond acceptors (Lipinski definition) is 3. The Bertz CT molecular complexity index is 568. The van der Waals surface area contributed by atoms with E-state index in [9.17, 15) is 5.21 Å². The average Bonchev–Trinajstić information content (AvgIpc) is 2.56. The average molecular weight is 283 g/mol. The molecule has 2 aromatic carbocycles. The molecule has 0 unspecified atom stereocenters. The molecule has 21 heavy (non-hydrogen) atoms. The SMILES string of the molecule is COc1ccc([C@H]2C[C@@H](c3ccccc3)CCN2O)cc1. The summed E-state index contributed by atoms with van der Waals surface area (Å²) in [5, 5.41) is 11.7. The maximum atomic E-state index is 10.2. The van der Waals surface area contributed by atoms with Gasteiger partial charge in [-0.15, -0.1) is 0 Å². The summed E-state index contributed by atoms with van der Waals surface area (Å²) in [4.78, 5) is 0. The standard InChI is InChI=1S/C18H21NO2/c1-21-17-9-7-15(8-10-17)18-13-16(11-12-19(18)20)14-5-3-2-4-6-14/h2-10,16,18,20H,11-13H2,1H3/t16-,18+/m0/s1. The molecular weight excluding hydrogens is 262 g/mol. The topological polar surface area (TPSA) is 32.7 Å². The molecule has 1 aliphatic heterocycles. The zero-order valence-electron chi connectivity index (χ0n) is 12.3. The quantitative estimate of drug-likeness (QED) is 0.924. The molecule has 1 N–H and O–H groups in total. The Kier molecular flexibility index (Phi) is 4.23. The van der Waals surface area contributed by atoms with Crippen LogP contribution in [-0.2, 0) is 0 Å². The van der Waals surface area contributed by atoms with Crippen LogP contribution in [-0.4, -0.2) is 23.9 Å². The highest BCUT2D eigenvalue weighted by molar-refractivity contribution is 5.30. The number of methoxy groups -OCH3 is 1. The Hall–Kier alpha value is -1.84. The van der Waals surface area contributed by atoms with Crippen molar-refractivity contribution in [2.45, 2.75) is 24.8 Å². The van der Waals surface area contributed by atoms with E-state index < -0.39 is 0 Å². The summed E-state index contributed by atoms with van der Waals surface area (Å²) in [6, 6.07) is 18.6. The largest absolute Gasteiger partial charge is 0.497 e. The number of piperidine rings is 1. The molecule has 0 radical (unpaired) electrons. The van der Waals surface area contributed by atoms with Crippen molar-refractivity contribution >= 4 is 0 Å². The van der Waals surface area contributed by atoms with Gasteiger partial charge >= 0.3 is 0 Å². The highest BCUT2D eigenvalue weighted by Crippen LogP contribution is 2.38. The van der Waals surface area contributed by atoms with Gasteiger partial charge in [0, 0.05) is 6.54 Å². The van der Waals surface area contributed by atoms with E-state index in [0.717, 1.165) is 24.2 Å². The maximum Gasteiger partial charge on any atom is 0.118 e. The summed E-state index contributed by atoms with van der Waals surface area (Å²) in [6.45, 7) is 0.705. The number of hydroxylamine groups is 2. The normalized spacial score (nSPS) is 23.0. The maximum absolute atomic E-state index is 10.2. The third kappa shape index (κ3) is 3.09. The van der Waals surface area contributed by atoms with Gasteiger partial charge < -0.3 is 9.94 Å². The minimum absolute atomic E-state index is 0.0508. The van der Waals surface area contributed by atoms with E-state index in [4.69, 9.17) is 4.74 Å². The fraction of sp³-hybridized carbons (Fsp3) is 0.333. The number of ether oxygens (including phenoxy) is 1. The van der Waals surface area contributed by atoms with Crippen LogP contribution < -0.4 is 4.74 Å². The first kappa shape index (κ1) is 14.1. The van der Waals surface area contributed by atoms with Crippen molar-refractivity contribution in [2.24, 2.45) is 0 Å². The fourth-order valence-corrected chi connectivity index (χ4v) is 3.12. The summed E-state index contributed by atoms with van der Waals surface area (Å²) in [5.74, 6) is 1.35. The van der Waals surface area contributed by atoms with Crippen molar-refractivity contribution < 1.29 is 9.94 Å². The van der Waals surface area contributed by atoms with Gasteiger partial charge in [-0.3, -0.25) is 0 Å². The summed E-state index contributed by atoms with van der Waals surface area (Å²) in [6.07, 6.45) is 1.93. The zero-order chi connectivity index (χ0) is 14.7. The van der Waals surface area contributed by atoms with Crippen molar-refractivity contribution in [1.82, 2.24) is 5.06 Å². The van der Waals surface area contributed by atoms with E-state index in [2.05, 4.69) is 24.3 Å². The van der Waals surface area contributed by atoms with Gasteiger partial charge in [0.1, 0.15) is 5.75 Å². The van der Waals surface area contributed by atoms with Gasteiger partial charge in [0.05, 0.1) is 13.2 Å². The molecule has 110 valence electrons. The van der Waals surface area contributed by atoms with Crippen LogP contribution >= 0.6 is 0 Å². The minimum atomic E-state index is 0.0508. The second-order valence-electron chi connectivity index (χ2n) is 5.58. The van der Waals surface area contributed by atoms with Crippen LogP contribution in [0.2, 0.25) is 0 Å². The molecule has 1 fully saturated rings. The number of nitrogens with zero attached hydrogens (tertiary/aromatic N) is 1. The molecule has 2 aromatic rings. The lowest BCUT2D eigenvalue weighted by molar-refractivity contribution is -0.147. The predicted molar refractivity (Wildman–Crippen MR) is 82.6 cm³/mol. The monoisotopic (exact) mass is 283 g/mol. The summed E-state index contributed by atoms with van der Waals surface area (Å²) in [5.41, 5.74) is 2.50. The van der Waals surface area contributed by atoms with Crippen molar-refractivity contribution in [3.8, 4) is 5.75 Å². The van der Waals surface area contributed by atoms with Crippen molar-refractivity contribution in [3.63, 3.8) is 0 Å². The van der Waals surface area contributed by atoms with Crippen LogP contribution in [0.3, 0.4) is 0 Å². The Labute approximate surface area is 125 Å². The van der Waals surface area contributed by atoms with E-state index >= 15 is 0 Å². The van der Waals surface area contributed by atoms with Crippen molar-refractivity contribution in [3.05, 3.63) is 65.7 Å². The van der Waals surface area contributed by atoms with Gasteiger partial charge in [0.25, 0.3) is 0 Å². The Morgan fingerprint density at radius 2 is 1.71 bits per heavy atom. The molecular formula is C18H21NO2. The molecule has 0 aliphatic carbocycles. The Balaban J connectivity index is 1.80. The van der Waals surface area contributed by atoms with Crippen LogP contribution in [0.25, 0.3) is 0 Å². The molecule has 1 heterocycles. The van der Waals surface area contributed by atoms with Crippen LogP contribution in [0.5, 0.6) is 5.75 Å². The second kappa shape index (κ2) is 6.29. The van der Waals surface area contributed by atoms with Crippen molar-refractivity contribution in [2.75, 3.05) is 13.7 Å². The highest BCUT2D eigenvalue weighted by Gasteiger charge is 2.29. The highest BCUT2D eigenvalue weighted by atomic mass is 16.5. The van der Waals surface area contributed by atoms with Crippen LogP contribution in [0, 0.1) is 0 Å². The van der Waals surface area contributed by atoms with E-state index in [1.807, 2.05) is 30.3 Å². The van der Waals surface area contributed by atoms with Crippen LogP contribution in [0.1, 0.15) is 35.9 Å². The van der Waals surface area contributed by atoms with Crippen LogP contribution in [0.4, 0.5) is 0 Å². The molecule has 1 aliphatic rings. The molecule has 0 spiro atoms. The molecule has 1 saturated heterocycles. The first-order valence-corrected chi connectivity index (χ1v) is 7.42. The summed E-state index contributed by atoms with van der Waals surface area (Å²) >= 11 is 0. The fourth-order valence-electron chi connectivity index (χ4n) is 3.12. The predicted octanol–water partition coefficient (Wildman–Crippen LogP) is 4.01. The van der Waals surface area contributed by atoms with E-state index in [1.165, 1.54) is 10.6 Å². The molecule has 3 rings (SSSR count). The van der Waals surface area contributed by atoms with Crippen LogP contribution in [0.15, 0.2) is 54.6 Å². The lowest BCUT2D eigenvalue weighted by Crippen LogP contribution is -2.33. The van der Waals surface area contributed by atoms with Gasteiger partial charge in [-0.2, -0.15) is 5.06 Å². The molecule has 3 heteroatoms. The minimum Gasteiger partial charge on any atom is -0.497 e. The molecule has 0 bridgehead atoms. The third-order valence-electron chi connectivity index (χ3n) is 4.35. The van der Waals surface area contributed by atoms with E-state index in [1.54, 1.807) is 7.11 Å². The third-order valence-corrected chi connectivity index (χ3v) is 4.35. The van der Waals surface area contributed by atoms with Gasteiger partial charge in [0.2, 0.25) is 0 Å². The van der Waals surface area contributed by atoms with E-state index in [-0.39, 0.29) is 6.04 Å². The van der Waals surface area contributed by atoms with Gasteiger partial charge in [-0.05, 0) is 42.0 Å². The molecule has 3 nitrogen and oxygen atoms in total. The number of hydrogen-bond donors (Lipinski definition) is 1. The Morgan fingerprint density at radius 3 is 2.38 bits per heavy atom. The van der Waals surface area contributed by atoms with Gasteiger partial charge in [-0.1, -0.05) is 42.5 Å². The van der Waals surface area contributed by atoms with Crippen molar-refractivity contribution in [1.29, 1.82) is 0 Å². The number of benzene rings is 2. The lowest BCUT2D eigenvalue weighted by atomic mass is 9.84. The summed E-state index contributed by atoms with van der Waals surface area (Å²) < 4.78 is 5.20. The zero-order valence-corrected chi connectivity index (χ0v) is 12.3. The first-order valence-electron chi connectivity index (χ1n) is 7.42. The molecule has 0 amide bonds. The summed E-state index contributed by atoms with van der Waals surface area (Å²) in [7, 11) is 1.67. The van der Waals surface area contributed by atoms with E-state index in [0.29, 0.717) is 12.5 Å². The van der Waals surface area contributed by atoms with Gasteiger partial charge in [0.15, 0.2) is 0 Å². The lowest BCUT2D eigenvalue weighted by Gasteiger charge is -2.36. The number of rotatable bonds is 3. The first-order chi connectivity index (χ1) is 10.3. The van der Waals surface area contributed by atoms with Gasteiger partial charge in [-0.25, -0.2) is 0 Å². The molecule has 0 saturated carbocycles.